The van der Waals surface area contributed by atoms with Gasteiger partial charge in [-0.25, -0.2) is 4.98 Å². The van der Waals surface area contributed by atoms with Crippen LogP contribution in [0.25, 0.3) is 0 Å². The third kappa shape index (κ3) is 7.98. The summed E-state index contributed by atoms with van der Waals surface area (Å²) in [5, 5.41) is 3.31. The molecule has 3 nitrogen and oxygen atoms in total. The average Bonchev–Trinajstić information content (AvgIpc) is 2.85. The van der Waals surface area contributed by atoms with Crippen LogP contribution in [-0.4, -0.2) is 11.0 Å². The Hall–Kier alpha value is -0.450. The zero-order valence-electron chi connectivity index (χ0n) is 13.2. The van der Waals surface area contributed by atoms with Crippen molar-refractivity contribution in [2.24, 2.45) is 5.84 Å². The first-order valence-electron chi connectivity index (χ1n) is 8.13. The molecule has 0 saturated heterocycles. The molecule has 1 rings (SSSR count). The van der Waals surface area contributed by atoms with E-state index >= 15 is 0 Å². The van der Waals surface area contributed by atoms with Gasteiger partial charge in [0.1, 0.15) is 0 Å². The molecule has 0 aromatic carbocycles. The van der Waals surface area contributed by atoms with Gasteiger partial charge < -0.3 is 0 Å². The van der Waals surface area contributed by atoms with Crippen LogP contribution in [0.5, 0.6) is 0 Å². The van der Waals surface area contributed by atoms with E-state index in [4.69, 9.17) is 5.84 Å². The van der Waals surface area contributed by atoms with Gasteiger partial charge in [0.25, 0.3) is 0 Å². The fourth-order valence-electron chi connectivity index (χ4n) is 2.48. The minimum absolute atomic E-state index is 0.376. The zero-order chi connectivity index (χ0) is 14.6. The number of unbranched alkanes of at least 4 members (excludes halogenated alkanes) is 7. The largest absolute Gasteiger partial charge is 0.271 e. The summed E-state index contributed by atoms with van der Waals surface area (Å²) in [7, 11) is 0. The van der Waals surface area contributed by atoms with E-state index in [0.717, 1.165) is 18.5 Å². The third-order valence-corrected chi connectivity index (χ3v) is 4.72. The molecule has 116 valence electrons. The quantitative estimate of drug-likeness (QED) is 0.342. The molecular formula is C16H31N3S. The Morgan fingerprint density at radius 1 is 1.15 bits per heavy atom. The van der Waals surface area contributed by atoms with Gasteiger partial charge in [0.15, 0.2) is 0 Å². The fraction of sp³-hybridized carbons (Fsp3) is 0.812. The van der Waals surface area contributed by atoms with Crippen molar-refractivity contribution in [2.75, 3.05) is 0 Å². The van der Waals surface area contributed by atoms with Crippen molar-refractivity contribution in [3.8, 4) is 0 Å². The monoisotopic (exact) mass is 297 g/mol. The second-order valence-electron chi connectivity index (χ2n) is 5.71. The molecule has 20 heavy (non-hydrogen) atoms. The van der Waals surface area contributed by atoms with E-state index in [1.54, 1.807) is 11.3 Å². The minimum Gasteiger partial charge on any atom is -0.271 e. The maximum absolute atomic E-state index is 5.65. The molecule has 0 spiro atoms. The van der Waals surface area contributed by atoms with Crippen molar-refractivity contribution in [3.05, 3.63) is 16.1 Å². The number of hydrazine groups is 1. The molecule has 1 atom stereocenters. The Balaban J connectivity index is 2.03. The highest BCUT2D eigenvalue weighted by Gasteiger charge is 2.09. The molecule has 0 saturated carbocycles. The maximum Gasteiger partial charge on any atom is 0.0944 e. The molecule has 0 aliphatic carbocycles. The van der Waals surface area contributed by atoms with Gasteiger partial charge in [-0.2, -0.15) is 0 Å². The maximum atomic E-state index is 5.65. The van der Waals surface area contributed by atoms with E-state index in [1.165, 1.54) is 56.4 Å². The van der Waals surface area contributed by atoms with Crippen LogP contribution < -0.4 is 11.3 Å². The Kier molecular flexibility index (Phi) is 9.89. The molecule has 0 amide bonds. The summed E-state index contributed by atoms with van der Waals surface area (Å²) in [6.07, 6.45) is 13.0. The number of hydrogen-bond donors (Lipinski definition) is 2. The van der Waals surface area contributed by atoms with Gasteiger partial charge in [0, 0.05) is 23.5 Å². The number of aromatic nitrogens is 1. The molecule has 0 aliphatic heterocycles. The molecule has 0 fully saturated rings. The lowest BCUT2D eigenvalue weighted by molar-refractivity contribution is 0.457. The van der Waals surface area contributed by atoms with Crippen LogP contribution in [0.15, 0.2) is 5.38 Å². The van der Waals surface area contributed by atoms with Crippen molar-refractivity contribution < 1.29 is 0 Å². The van der Waals surface area contributed by atoms with E-state index in [-0.39, 0.29) is 0 Å². The Morgan fingerprint density at radius 3 is 2.35 bits per heavy atom. The number of nitrogens with zero attached hydrogens (tertiary/aromatic N) is 1. The Labute approximate surface area is 128 Å². The van der Waals surface area contributed by atoms with Crippen LogP contribution in [-0.2, 0) is 6.42 Å². The topological polar surface area (TPSA) is 50.9 Å². The van der Waals surface area contributed by atoms with E-state index in [1.807, 2.05) is 6.92 Å². The molecule has 1 aromatic heterocycles. The lowest BCUT2D eigenvalue weighted by atomic mass is 10.0. The molecule has 4 heteroatoms. The summed E-state index contributed by atoms with van der Waals surface area (Å²) in [5.41, 5.74) is 4.06. The number of aryl methyl sites for hydroxylation is 1. The van der Waals surface area contributed by atoms with Crippen molar-refractivity contribution in [1.29, 1.82) is 0 Å². The molecule has 0 radical (unpaired) electrons. The normalized spacial score (nSPS) is 12.8. The molecule has 1 unspecified atom stereocenters. The number of nitrogens with two attached hydrogens (primary N) is 1. The van der Waals surface area contributed by atoms with Gasteiger partial charge in [0.05, 0.1) is 5.01 Å². The second-order valence-corrected chi connectivity index (χ2v) is 6.66. The summed E-state index contributed by atoms with van der Waals surface area (Å²) < 4.78 is 0. The van der Waals surface area contributed by atoms with Gasteiger partial charge in [-0.05, 0) is 13.3 Å². The lowest BCUT2D eigenvalue weighted by Crippen LogP contribution is -2.36. The van der Waals surface area contributed by atoms with Crippen LogP contribution >= 0.6 is 11.3 Å². The van der Waals surface area contributed by atoms with E-state index in [9.17, 15) is 0 Å². The SMILES string of the molecule is CCCCCCCCCCC(Cc1nc(C)cs1)NN. The zero-order valence-corrected chi connectivity index (χ0v) is 14.0. The summed E-state index contributed by atoms with van der Waals surface area (Å²) in [6.45, 7) is 4.31. The summed E-state index contributed by atoms with van der Waals surface area (Å²) >= 11 is 1.74. The molecule has 0 aliphatic rings. The van der Waals surface area contributed by atoms with Crippen LogP contribution in [0, 0.1) is 6.92 Å². The highest BCUT2D eigenvalue weighted by molar-refractivity contribution is 7.09. The third-order valence-electron chi connectivity index (χ3n) is 3.73. The summed E-state index contributed by atoms with van der Waals surface area (Å²) in [4.78, 5) is 4.51. The van der Waals surface area contributed by atoms with Gasteiger partial charge in [0.2, 0.25) is 0 Å². The smallest absolute Gasteiger partial charge is 0.0944 e. The molecule has 1 heterocycles. The van der Waals surface area contributed by atoms with Crippen LogP contribution in [0.4, 0.5) is 0 Å². The van der Waals surface area contributed by atoms with Crippen molar-refractivity contribution in [2.45, 2.75) is 84.1 Å². The molecular weight excluding hydrogens is 266 g/mol. The van der Waals surface area contributed by atoms with Crippen LogP contribution in [0.1, 0.15) is 75.4 Å². The highest BCUT2D eigenvalue weighted by Crippen LogP contribution is 2.15. The first kappa shape index (κ1) is 17.6. The van der Waals surface area contributed by atoms with E-state index in [0.29, 0.717) is 6.04 Å². The van der Waals surface area contributed by atoms with Crippen LogP contribution in [0.3, 0.4) is 0 Å². The van der Waals surface area contributed by atoms with Gasteiger partial charge in [-0.1, -0.05) is 58.3 Å². The lowest BCUT2D eigenvalue weighted by Gasteiger charge is -2.14. The average molecular weight is 298 g/mol. The molecule has 0 bridgehead atoms. The number of nitrogens with one attached hydrogen (secondary N) is 1. The predicted octanol–water partition coefficient (Wildman–Crippen LogP) is 4.36. The van der Waals surface area contributed by atoms with Gasteiger partial charge >= 0.3 is 0 Å². The van der Waals surface area contributed by atoms with Crippen molar-refractivity contribution in [3.63, 3.8) is 0 Å². The standard InChI is InChI=1S/C16H31N3S/c1-3-4-5-6-7-8-9-10-11-15(19-17)12-16-18-14(2)13-20-16/h13,15,19H,3-12,17H2,1-2H3. The van der Waals surface area contributed by atoms with E-state index < -0.39 is 0 Å². The highest BCUT2D eigenvalue weighted by atomic mass is 32.1. The molecule has 1 aromatic rings. The van der Waals surface area contributed by atoms with Crippen molar-refractivity contribution >= 4 is 11.3 Å². The van der Waals surface area contributed by atoms with Crippen molar-refractivity contribution in [1.82, 2.24) is 10.4 Å². The predicted molar refractivity (Wildman–Crippen MR) is 88.9 cm³/mol. The van der Waals surface area contributed by atoms with Crippen LogP contribution in [0.2, 0.25) is 0 Å². The summed E-state index contributed by atoms with van der Waals surface area (Å²) in [5.74, 6) is 5.65. The number of hydrogen-bond acceptors (Lipinski definition) is 4. The fourth-order valence-corrected chi connectivity index (χ4v) is 3.33. The second kappa shape index (κ2) is 11.2. The molecule has 3 N–H and O–H groups in total. The van der Waals surface area contributed by atoms with Gasteiger partial charge in [-0.3, -0.25) is 11.3 Å². The van der Waals surface area contributed by atoms with Gasteiger partial charge in [-0.15, -0.1) is 11.3 Å². The Bertz CT molecular complexity index is 338. The first-order valence-corrected chi connectivity index (χ1v) is 9.01. The summed E-state index contributed by atoms with van der Waals surface area (Å²) in [6, 6.07) is 0.376. The minimum atomic E-state index is 0.376. The first-order chi connectivity index (χ1) is 9.76. The number of rotatable bonds is 12. The number of thiazole rings is 1. The van der Waals surface area contributed by atoms with E-state index in [2.05, 4.69) is 22.7 Å². The Morgan fingerprint density at radius 2 is 1.80 bits per heavy atom.